The van der Waals surface area contributed by atoms with Crippen LogP contribution in [0.3, 0.4) is 0 Å². The zero-order valence-corrected chi connectivity index (χ0v) is 27.2. The average Bonchev–Trinajstić information content (AvgIpc) is 2.96. The molecule has 1 unspecified atom stereocenters. The van der Waals surface area contributed by atoms with Gasteiger partial charge in [-0.2, -0.15) is 4.73 Å². The third-order valence-corrected chi connectivity index (χ3v) is 7.89. The number of anilines is 1. The topological polar surface area (TPSA) is 93.0 Å². The van der Waals surface area contributed by atoms with Crippen molar-refractivity contribution in [1.82, 2.24) is 0 Å². The van der Waals surface area contributed by atoms with E-state index in [-0.39, 0.29) is 16.5 Å². The first-order valence-corrected chi connectivity index (χ1v) is 17.7. The number of nitrogens with one attached hydrogen (secondary N) is 1. The van der Waals surface area contributed by atoms with Crippen molar-refractivity contribution < 1.29 is 28.2 Å². The van der Waals surface area contributed by atoms with Crippen LogP contribution in [0.15, 0.2) is 79.1 Å². The highest BCUT2D eigenvalue weighted by Gasteiger charge is 2.24. The number of hydrogen-bond acceptors (Lipinski definition) is 7. The standard InChI is InChI=1S/C32H34Cl2N2O6Si/c1-39-29-13-12-22(15-31(29)40-2)30(17-26-27(33)19-36(38)20-28(26)34)41-32(37)23-9-6-8-21(14-23)18-35-24-10-7-11-25(16-24)42-43(3,4)5/h6-16,19-20,30,35H,17-18H2,1-5H3. The smallest absolute Gasteiger partial charge is 0.338 e. The van der Waals surface area contributed by atoms with E-state index in [0.29, 0.717) is 39.5 Å². The number of pyridine rings is 1. The predicted octanol–water partition coefficient (Wildman–Crippen LogP) is 7.61. The summed E-state index contributed by atoms with van der Waals surface area (Å²) in [4.78, 5) is 13.5. The van der Waals surface area contributed by atoms with Crippen LogP contribution in [0.25, 0.3) is 0 Å². The van der Waals surface area contributed by atoms with Crippen LogP contribution in [0.2, 0.25) is 29.7 Å². The summed E-state index contributed by atoms with van der Waals surface area (Å²) in [6, 6.07) is 20.3. The van der Waals surface area contributed by atoms with E-state index < -0.39 is 20.4 Å². The summed E-state index contributed by atoms with van der Waals surface area (Å²) in [6.07, 6.45) is 1.73. The molecule has 0 aliphatic heterocycles. The Kier molecular flexibility index (Phi) is 10.4. The maximum absolute atomic E-state index is 13.5. The summed E-state index contributed by atoms with van der Waals surface area (Å²) >= 11 is 12.7. The van der Waals surface area contributed by atoms with E-state index in [9.17, 15) is 10.0 Å². The second-order valence-corrected chi connectivity index (χ2v) is 16.0. The van der Waals surface area contributed by atoms with E-state index in [2.05, 4.69) is 25.0 Å². The molecule has 1 heterocycles. The lowest BCUT2D eigenvalue weighted by Gasteiger charge is -2.21. The van der Waals surface area contributed by atoms with E-state index in [1.807, 2.05) is 36.4 Å². The summed E-state index contributed by atoms with van der Waals surface area (Å²) < 4.78 is 23.5. The van der Waals surface area contributed by atoms with Crippen molar-refractivity contribution in [1.29, 1.82) is 0 Å². The molecule has 8 nitrogen and oxygen atoms in total. The van der Waals surface area contributed by atoms with Gasteiger partial charge in [-0.15, -0.1) is 0 Å². The molecule has 0 radical (unpaired) electrons. The van der Waals surface area contributed by atoms with E-state index in [4.69, 9.17) is 41.8 Å². The van der Waals surface area contributed by atoms with Gasteiger partial charge in [0.1, 0.15) is 21.9 Å². The van der Waals surface area contributed by atoms with Gasteiger partial charge in [0.2, 0.25) is 8.32 Å². The Bertz CT molecular complexity index is 1570. The van der Waals surface area contributed by atoms with Gasteiger partial charge >= 0.3 is 5.97 Å². The van der Waals surface area contributed by atoms with Gasteiger partial charge in [0.05, 0.1) is 19.8 Å². The van der Waals surface area contributed by atoms with Crippen LogP contribution in [0.5, 0.6) is 17.2 Å². The number of carbonyl (C=O) groups excluding carboxylic acids is 1. The van der Waals surface area contributed by atoms with E-state index in [0.717, 1.165) is 17.0 Å². The Labute approximate surface area is 262 Å². The molecule has 43 heavy (non-hydrogen) atoms. The average molecular weight is 642 g/mol. The Hall–Kier alpha value is -3.92. The zero-order valence-electron chi connectivity index (χ0n) is 24.6. The number of hydrogen-bond donors (Lipinski definition) is 1. The summed E-state index contributed by atoms with van der Waals surface area (Å²) in [5, 5.41) is 15.5. The number of halogens is 2. The van der Waals surface area contributed by atoms with Gasteiger partial charge in [-0.1, -0.05) is 47.5 Å². The molecule has 3 aromatic carbocycles. The number of methoxy groups -OCH3 is 2. The van der Waals surface area contributed by atoms with Crippen molar-refractivity contribution in [3.05, 3.63) is 117 Å². The van der Waals surface area contributed by atoms with E-state index in [1.165, 1.54) is 26.6 Å². The molecule has 226 valence electrons. The lowest BCUT2D eigenvalue weighted by atomic mass is 10.0. The third-order valence-electron chi connectivity index (χ3n) is 6.39. The number of nitrogens with zero attached hydrogens (tertiary/aromatic N) is 1. The van der Waals surface area contributed by atoms with Crippen molar-refractivity contribution in [2.75, 3.05) is 19.5 Å². The number of aromatic nitrogens is 1. The molecule has 4 rings (SSSR count). The Morgan fingerprint density at radius 2 is 1.63 bits per heavy atom. The van der Waals surface area contributed by atoms with Crippen molar-refractivity contribution in [2.24, 2.45) is 0 Å². The highest BCUT2D eigenvalue weighted by atomic mass is 35.5. The Morgan fingerprint density at radius 1 is 0.930 bits per heavy atom. The van der Waals surface area contributed by atoms with Crippen molar-refractivity contribution in [3.63, 3.8) is 0 Å². The van der Waals surface area contributed by atoms with Gasteiger partial charge in [0.15, 0.2) is 23.9 Å². The van der Waals surface area contributed by atoms with Crippen LogP contribution in [-0.4, -0.2) is 28.5 Å². The fourth-order valence-corrected chi connectivity index (χ4v) is 5.86. The molecule has 0 amide bonds. The number of ether oxygens (including phenoxy) is 3. The van der Waals surface area contributed by atoms with Gasteiger partial charge < -0.3 is 29.2 Å². The number of carbonyl (C=O) groups is 1. The molecule has 1 N–H and O–H groups in total. The largest absolute Gasteiger partial charge is 0.619 e. The van der Waals surface area contributed by atoms with Gasteiger partial charge in [0.25, 0.3) is 0 Å². The molecule has 0 fully saturated rings. The first-order valence-electron chi connectivity index (χ1n) is 13.6. The van der Waals surface area contributed by atoms with Crippen LogP contribution in [0, 0.1) is 5.21 Å². The quantitative estimate of drug-likeness (QED) is 0.0737. The second-order valence-electron chi connectivity index (χ2n) is 10.8. The Morgan fingerprint density at radius 3 is 2.30 bits per heavy atom. The van der Waals surface area contributed by atoms with Crippen molar-refractivity contribution in [2.45, 2.75) is 38.7 Å². The van der Waals surface area contributed by atoms with Gasteiger partial charge in [0, 0.05) is 30.3 Å². The summed E-state index contributed by atoms with van der Waals surface area (Å²) in [6.45, 7) is 6.90. The van der Waals surface area contributed by atoms with Crippen LogP contribution in [0.1, 0.15) is 33.2 Å². The number of esters is 1. The molecule has 0 bridgehead atoms. The van der Waals surface area contributed by atoms with Crippen LogP contribution in [-0.2, 0) is 17.7 Å². The molecule has 0 spiro atoms. The third kappa shape index (κ3) is 8.79. The molecule has 1 atom stereocenters. The fourth-order valence-electron chi connectivity index (χ4n) is 4.42. The lowest BCUT2D eigenvalue weighted by Crippen LogP contribution is -2.29. The number of rotatable bonds is 12. The first kappa shape index (κ1) is 32.0. The SMILES string of the molecule is COc1ccc(C(Cc2c(Cl)c[n+]([O-])cc2Cl)OC(=O)c2cccc(CNc3cccc(O[Si](C)(C)C)c3)c2)cc1OC. The van der Waals surface area contributed by atoms with Crippen LogP contribution < -0.4 is 23.9 Å². The first-order chi connectivity index (χ1) is 20.5. The van der Waals surface area contributed by atoms with E-state index in [1.54, 1.807) is 30.3 Å². The van der Waals surface area contributed by atoms with Gasteiger partial charge in [-0.05, 0) is 67.2 Å². The predicted molar refractivity (Wildman–Crippen MR) is 171 cm³/mol. The molecule has 1 aromatic heterocycles. The van der Waals surface area contributed by atoms with Crippen LogP contribution >= 0.6 is 23.2 Å². The van der Waals surface area contributed by atoms with Gasteiger partial charge in [-0.3, -0.25) is 0 Å². The summed E-state index contributed by atoms with van der Waals surface area (Å²) in [5.74, 6) is 1.29. The zero-order chi connectivity index (χ0) is 31.1. The normalized spacial score (nSPS) is 11.9. The van der Waals surface area contributed by atoms with E-state index >= 15 is 0 Å². The molecule has 4 aromatic rings. The molecule has 11 heteroatoms. The molecule has 0 saturated carbocycles. The molecule has 0 aliphatic rings. The lowest BCUT2D eigenvalue weighted by molar-refractivity contribution is -0.605. The monoisotopic (exact) mass is 640 g/mol. The minimum absolute atomic E-state index is 0.122. The number of benzene rings is 3. The maximum Gasteiger partial charge on any atom is 0.338 e. The highest BCUT2D eigenvalue weighted by molar-refractivity contribution is 6.70. The fraction of sp³-hybridized carbons (Fsp3) is 0.250. The molecular formula is C32H34Cl2N2O6Si. The highest BCUT2D eigenvalue weighted by Crippen LogP contribution is 2.35. The molecule has 0 aliphatic carbocycles. The minimum atomic E-state index is -1.73. The molecular weight excluding hydrogens is 607 g/mol. The van der Waals surface area contributed by atoms with Crippen molar-refractivity contribution >= 4 is 43.2 Å². The summed E-state index contributed by atoms with van der Waals surface area (Å²) in [7, 11) is 1.33. The maximum atomic E-state index is 13.5. The van der Waals surface area contributed by atoms with Crippen LogP contribution in [0.4, 0.5) is 5.69 Å². The second kappa shape index (κ2) is 14.0. The Balaban J connectivity index is 1.56. The van der Waals surface area contributed by atoms with Gasteiger partial charge in [-0.25, -0.2) is 4.79 Å². The summed E-state index contributed by atoms with van der Waals surface area (Å²) in [5.41, 5.74) is 3.29. The minimum Gasteiger partial charge on any atom is -0.619 e. The molecule has 0 saturated heterocycles. The van der Waals surface area contributed by atoms with Crippen molar-refractivity contribution in [3.8, 4) is 17.2 Å².